The average molecular weight is 262 g/mol. The maximum atomic E-state index is 10.9. The quantitative estimate of drug-likeness (QED) is 0.834. The van der Waals surface area contributed by atoms with Crippen LogP contribution < -0.4 is 5.73 Å². The molecular formula is C14H12ClNO2. The van der Waals surface area contributed by atoms with Gasteiger partial charge in [0, 0.05) is 16.3 Å². The van der Waals surface area contributed by atoms with E-state index in [0.29, 0.717) is 16.3 Å². The van der Waals surface area contributed by atoms with Crippen molar-refractivity contribution in [2.45, 2.75) is 6.42 Å². The Morgan fingerprint density at radius 3 is 2.61 bits per heavy atom. The molecule has 2 rings (SSSR count). The molecular weight excluding hydrogens is 250 g/mol. The zero-order valence-corrected chi connectivity index (χ0v) is 10.3. The summed E-state index contributed by atoms with van der Waals surface area (Å²) in [4.78, 5) is 10.9. The minimum Gasteiger partial charge on any atom is -0.481 e. The molecule has 0 atom stereocenters. The molecule has 2 aromatic carbocycles. The SMILES string of the molecule is Nc1cccc(CC(=O)O)c1-c1cccc(Cl)c1. The number of carboxylic acid groups (broad SMARTS) is 1. The van der Waals surface area contributed by atoms with E-state index in [9.17, 15) is 4.79 Å². The second-order valence-electron chi connectivity index (χ2n) is 3.96. The van der Waals surface area contributed by atoms with Crippen LogP contribution in [0.4, 0.5) is 5.69 Å². The van der Waals surface area contributed by atoms with Gasteiger partial charge in [-0.05, 0) is 29.3 Å². The number of anilines is 1. The van der Waals surface area contributed by atoms with E-state index < -0.39 is 5.97 Å². The van der Waals surface area contributed by atoms with Crippen molar-refractivity contribution in [3.05, 3.63) is 53.1 Å². The number of benzene rings is 2. The summed E-state index contributed by atoms with van der Waals surface area (Å²) in [7, 11) is 0. The van der Waals surface area contributed by atoms with Gasteiger partial charge >= 0.3 is 5.97 Å². The van der Waals surface area contributed by atoms with Gasteiger partial charge in [-0.25, -0.2) is 0 Å². The van der Waals surface area contributed by atoms with Crippen molar-refractivity contribution in [1.29, 1.82) is 0 Å². The van der Waals surface area contributed by atoms with E-state index >= 15 is 0 Å². The Bertz CT molecular complexity index is 596. The lowest BCUT2D eigenvalue weighted by atomic mass is 9.96. The molecule has 18 heavy (non-hydrogen) atoms. The Morgan fingerprint density at radius 1 is 1.22 bits per heavy atom. The Hall–Kier alpha value is -2.00. The van der Waals surface area contributed by atoms with Crippen LogP contribution in [-0.2, 0) is 11.2 Å². The van der Waals surface area contributed by atoms with E-state index in [0.717, 1.165) is 11.1 Å². The number of carboxylic acids is 1. The normalized spacial score (nSPS) is 10.3. The topological polar surface area (TPSA) is 63.3 Å². The van der Waals surface area contributed by atoms with Crippen molar-refractivity contribution in [2.75, 3.05) is 5.73 Å². The monoisotopic (exact) mass is 261 g/mol. The molecule has 2 aromatic rings. The summed E-state index contributed by atoms with van der Waals surface area (Å²) in [5.74, 6) is -0.885. The van der Waals surface area contributed by atoms with Gasteiger partial charge in [0.15, 0.2) is 0 Å². The van der Waals surface area contributed by atoms with Gasteiger partial charge in [-0.1, -0.05) is 35.9 Å². The molecule has 0 amide bonds. The van der Waals surface area contributed by atoms with Crippen LogP contribution in [0.5, 0.6) is 0 Å². The third-order valence-electron chi connectivity index (χ3n) is 2.64. The highest BCUT2D eigenvalue weighted by molar-refractivity contribution is 6.30. The fourth-order valence-electron chi connectivity index (χ4n) is 1.93. The maximum absolute atomic E-state index is 10.9. The van der Waals surface area contributed by atoms with Gasteiger partial charge in [0.25, 0.3) is 0 Å². The van der Waals surface area contributed by atoms with Crippen molar-refractivity contribution in [3.8, 4) is 11.1 Å². The zero-order valence-electron chi connectivity index (χ0n) is 9.56. The van der Waals surface area contributed by atoms with Crippen LogP contribution >= 0.6 is 11.6 Å². The van der Waals surface area contributed by atoms with E-state index in [-0.39, 0.29) is 6.42 Å². The second-order valence-corrected chi connectivity index (χ2v) is 4.40. The lowest BCUT2D eigenvalue weighted by Crippen LogP contribution is -2.03. The zero-order chi connectivity index (χ0) is 13.1. The number of hydrogen-bond donors (Lipinski definition) is 2. The first kappa shape index (κ1) is 12.5. The third kappa shape index (κ3) is 2.63. The van der Waals surface area contributed by atoms with Gasteiger partial charge in [0.1, 0.15) is 0 Å². The minimum absolute atomic E-state index is 0.0626. The number of hydrogen-bond acceptors (Lipinski definition) is 2. The van der Waals surface area contributed by atoms with Crippen molar-refractivity contribution in [1.82, 2.24) is 0 Å². The molecule has 4 heteroatoms. The van der Waals surface area contributed by atoms with Crippen LogP contribution in [0.1, 0.15) is 5.56 Å². The molecule has 0 bridgehead atoms. The Balaban J connectivity index is 2.58. The molecule has 3 N–H and O–H groups in total. The molecule has 0 spiro atoms. The first-order chi connectivity index (χ1) is 8.58. The summed E-state index contributed by atoms with van der Waals surface area (Å²) in [6, 6.07) is 12.5. The fourth-order valence-corrected chi connectivity index (χ4v) is 2.12. The van der Waals surface area contributed by atoms with E-state index in [1.165, 1.54) is 0 Å². The van der Waals surface area contributed by atoms with Crippen LogP contribution in [-0.4, -0.2) is 11.1 Å². The van der Waals surface area contributed by atoms with E-state index in [1.807, 2.05) is 12.1 Å². The first-order valence-electron chi connectivity index (χ1n) is 5.43. The van der Waals surface area contributed by atoms with Gasteiger partial charge in [-0.3, -0.25) is 4.79 Å². The van der Waals surface area contributed by atoms with Crippen LogP contribution in [0.25, 0.3) is 11.1 Å². The van der Waals surface area contributed by atoms with Gasteiger partial charge in [0.05, 0.1) is 6.42 Å². The van der Waals surface area contributed by atoms with Gasteiger partial charge < -0.3 is 10.8 Å². The summed E-state index contributed by atoms with van der Waals surface area (Å²) in [5, 5.41) is 9.51. The number of nitrogen functional groups attached to an aromatic ring is 1. The average Bonchev–Trinajstić information content (AvgIpc) is 2.28. The molecule has 0 aliphatic rings. The predicted octanol–water partition coefficient (Wildman–Crippen LogP) is 3.22. The highest BCUT2D eigenvalue weighted by Gasteiger charge is 2.11. The molecule has 0 fully saturated rings. The summed E-state index contributed by atoms with van der Waals surface area (Å²) in [6.45, 7) is 0. The fraction of sp³-hybridized carbons (Fsp3) is 0.0714. The summed E-state index contributed by atoms with van der Waals surface area (Å²) >= 11 is 5.95. The van der Waals surface area contributed by atoms with Gasteiger partial charge in [-0.15, -0.1) is 0 Å². The summed E-state index contributed by atoms with van der Waals surface area (Å²) < 4.78 is 0. The highest BCUT2D eigenvalue weighted by Crippen LogP contribution is 2.31. The van der Waals surface area contributed by atoms with Gasteiger partial charge in [-0.2, -0.15) is 0 Å². The van der Waals surface area contributed by atoms with Crippen molar-refractivity contribution < 1.29 is 9.90 Å². The Labute approximate surface area is 110 Å². The van der Waals surface area contributed by atoms with Crippen LogP contribution in [0.2, 0.25) is 5.02 Å². The number of carbonyl (C=O) groups is 1. The molecule has 0 aromatic heterocycles. The van der Waals surface area contributed by atoms with E-state index in [4.69, 9.17) is 22.4 Å². The molecule has 0 saturated heterocycles. The summed E-state index contributed by atoms with van der Waals surface area (Å²) in [6.07, 6.45) is -0.0626. The lowest BCUT2D eigenvalue weighted by Gasteiger charge is -2.11. The number of nitrogens with two attached hydrogens (primary N) is 1. The largest absolute Gasteiger partial charge is 0.481 e. The molecule has 0 aliphatic carbocycles. The van der Waals surface area contributed by atoms with Crippen LogP contribution in [0, 0.1) is 0 Å². The third-order valence-corrected chi connectivity index (χ3v) is 2.87. The molecule has 0 unspecified atom stereocenters. The summed E-state index contributed by atoms with van der Waals surface area (Å²) in [5.41, 5.74) is 8.75. The van der Waals surface area contributed by atoms with E-state index in [1.54, 1.807) is 30.3 Å². The molecule has 3 nitrogen and oxygen atoms in total. The number of halogens is 1. The maximum Gasteiger partial charge on any atom is 0.307 e. The molecule has 0 saturated carbocycles. The van der Waals surface area contributed by atoms with Gasteiger partial charge in [0.2, 0.25) is 0 Å². The smallest absolute Gasteiger partial charge is 0.307 e. The number of aliphatic carboxylic acids is 1. The lowest BCUT2D eigenvalue weighted by molar-refractivity contribution is -0.136. The predicted molar refractivity (Wildman–Crippen MR) is 72.6 cm³/mol. The minimum atomic E-state index is -0.885. The van der Waals surface area contributed by atoms with Crippen LogP contribution in [0.3, 0.4) is 0 Å². The Kier molecular flexibility index (Phi) is 3.53. The van der Waals surface area contributed by atoms with E-state index in [2.05, 4.69) is 0 Å². The van der Waals surface area contributed by atoms with Crippen LogP contribution in [0.15, 0.2) is 42.5 Å². The number of rotatable bonds is 3. The standard InChI is InChI=1S/C14H12ClNO2/c15-11-5-1-3-9(7-11)14-10(8-13(17)18)4-2-6-12(14)16/h1-7H,8,16H2,(H,17,18). The molecule has 92 valence electrons. The first-order valence-corrected chi connectivity index (χ1v) is 5.81. The van der Waals surface area contributed by atoms with Crippen molar-refractivity contribution in [2.24, 2.45) is 0 Å². The Morgan fingerprint density at radius 2 is 1.94 bits per heavy atom. The molecule has 0 radical (unpaired) electrons. The highest BCUT2D eigenvalue weighted by atomic mass is 35.5. The molecule has 0 heterocycles. The van der Waals surface area contributed by atoms with Crippen molar-refractivity contribution in [3.63, 3.8) is 0 Å². The van der Waals surface area contributed by atoms with Crippen molar-refractivity contribution >= 4 is 23.3 Å². The molecule has 0 aliphatic heterocycles. The second kappa shape index (κ2) is 5.10.